The van der Waals surface area contributed by atoms with E-state index >= 15 is 0 Å². The molecule has 0 saturated heterocycles. The zero-order valence-corrected chi connectivity index (χ0v) is 10.2. The van der Waals surface area contributed by atoms with E-state index in [0.717, 1.165) is 37.9 Å². The van der Waals surface area contributed by atoms with Gasteiger partial charge in [0.2, 0.25) is 0 Å². The third-order valence-electron chi connectivity index (χ3n) is 4.23. The highest BCUT2D eigenvalue weighted by Crippen LogP contribution is 2.34. The largest absolute Gasteiger partial charge is 0.391 e. The van der Waals surface area contributed by atoms with Gasteiger partial charge in [0.1, 0.15) is 5.82 Å². The zero-order chi connectivity index (χ0) is 11.8. The van der Waals surface area contributed by atoms with E-state index in [1.807, 2.05) is 4.68 Å². The molecule has 3 rings (SSSR count). The van der Waals surface area contributed by atoms with Gasteiger partial charge < -0.3 is 10.8 Å². The summed E-state index contributed by atoms with van der Waals surface area (Å²) < 4.78 is 1.92. The van der Waals surface area contributed by atoms with Gasteiger partial charge in [0.25, 0.3) is 0 Å². The van der Waals surface area contributed by atoms with Gasteiger partial charge in [-0.2, -0.15) is 5.10 Å². The molecule has 94 valence electrons. The normalized spacial score (nSPS) is 29.0. The highest BCUT2D eigenvalue weighted by Gasteiger charge is 2.29. The summed E-state index contributed by atoms with van der Waals surface area (Å²) in [5.41, 5.74) is 8.62. The maximum Gasteiger partial charge on any atom is 0.125 e. The van der Waals surface area contributed by atoms with Gasteiger partial charge in [-0.3, -0.25) is 0 Å². The number of aliphatic hydroxyl groups is 1. The van der Waals surface area contributed by atoms with Crippen molar-refractivity contribution in [3.8, 4) is 0 Å². The first-order chi connectivity index (χ1) is 8.27. The maximum atomic E-state index is 10.1. The first kappa shape index (κ1) is 11.1. The predicted molar refractivity (Wildman–Crippen MR) is 66.8 cm³/mol. The molecule has 1 fully saturated rings. The minimum Gasteiger partial charge on any atom is -0.391 e. The summed E-state index contributed by atoms with van der Waals surface area (Å²) in [6.45, 7) is 0. The molecule has 0 radical (unpaired) electrons. The summed E-state index contributed by atoms with van der Waals surface area (Å²) in [7, 11) is 0. The van der Waals surface area contributed by atoms with Gasteiger partial charge in [0, 0.05) is 5.56 Å². The molecular weight excluding hydrogens is 214 g/mol. The number of aryl methyl sites for hydroxylation is 1. The molecule has 2 aliphatic carbocycles. The molecule has 17 heavy (non-hydrogen) atoms. The summed E-state index contributed by atoms with van der Waals surface area (Å²) >= 11 is 0. The van der Waals surface area contributed by atoms with E-state index in [0.29, 0.717) is 0 Å². The molecule has 1 saturated carbocycles. The smallest absolute Gasteiger partial charge is 0.125 e. The molecular formula is C13H21N3O. The number of hydrogen-bond acceptors (Lipinski definition) is 3. The van der Waals surface area contributed by atoms with E-state index in [-0.39, 0.29) is 12.1 Å². The van der Waals surface area contributed by atoms with Crippen LogP contribution in [0.1, 0.15) is 55.8 Å². The Morgan fingerprint density at radius 3 is 2.65 bits per heavy atom. The zero-order valence-electron chi connectivity index (χ0n) is 10.2. The quantitative estimate of drug-likeness (QED) is 0.780. The second kappa shape index (κ2) is 4.33. The van der Waals surface area contributed by atoms with Crippen LogP contribution in [0.4, 0.5) is 5.82 Å². The molecule has 0 spiro atoms. The molecule has 0 aromatic carbocycles. The Balaban J connectivity index is 1.94. The number of fused-ring (bicyclic) bond motifs is 1. The van der Waals surface area contributed by atoms with Crippen LogP contribution in [0.5, 0.6) is 0 Å². The lowest BCUT2D eigenvalue weighted by Gasteiger charge is -2.28. The van der Waals surface area contributed by atoms with Crippen molar-refractivity contribution in [2.45, 2.75) is 63.5 Å². The highest BCUT2D eigenvalue weighted by atomic mass is 16.3. The van der Waals surface area contributed by atoms with Gasteiger partial charge in [-0.05, 0) is 38.5 Å². The van der Waals surface area contributed by atoms with Gasteiger partial charge >= 0.3 is 0 Å². The van der Waals surface area contributed by atoms with Crippen LogP contribution in [-0.4, -0.2) is 21.0 Å². The maximum absolute atomic E-state index is 10.1. The number of aliphatic hydroxyl groups excluding tert-OH is 1. The molecule has 4 heteroatoms. The molecule has 0 bridgehead atoms. The van der Waals surface area contributed by atoms with Crippen LogP contribution in [0.25, 0.3) is 0 Å². The number of nitrogen functional groups attached to an aromatic ring is 1. The second-order valence-electron chi connectivity index (χ2n) is 5.38. The SMILES string of the molecule is Nc1c2c(nn1C1CCCCC1O)CCCC2. The summed E-state index contributed by atoms with van der Waals surface area (Å²) in [5, 5.41) is 14.7. The molecule has 0 aliphatic heterocycles. The Morgan fingerprint density at radius 2 is 1.88 bits per heavy atom. The molecule has 1 aromatic heterocycles. The van der Waals surface area contributed by atoms with Crippen LogP contribution in [0.3, 0.4) is 0 Å². The Bertz CT molecular complexity index is 413. The monoisotopic (exact) mass is 235 g/mol. The number of aromatic nitrogens is 2. The fourth-order valence-electron chi connectivity index (χ4n) is 3.23. The average Bonchev–Trinajstić information content (AvgIpc) is 2.68. The first-order valence-electron chi connectivity index (χ1n) is 6.81. The highest BCUT2D eigenvalue weighted by molar-refractivity contribution is 5.45. The number of anilines is 1. The molecule has 1 aromatic rings. The standard InChI is InChI=1S/C13H21N3O/c14-13-9-5-1-2-6-10(9)15-16(13)11-7-3-4-8-12(11)17/h11-12,17H,1-8,14H2. The van der Waals surface area contributed by atoms with Crippen LogP contribution < -0.4 is 5.73 Å². The summed E-state index contributed by atoms with van der Waals surface area (Å²) in [4.78, 5) is 0. The van der Waals surface area contributed by atoms with Gasteiger partial charge in [0.05, 0.1) is 17.8 Å². The van der Waals surface area contributed by atoms with E-state index in [1.165, 1.54) is 30.5 Å². The molecule has 2 atom stereocenters. The minimum atomic E-state index is -0.271. The summed E-state index contributed by atoms with van der Waals surface area (Å²) in [6.07, 6.45) is 8.46. The molecule has 2 aliphatic rings. The second-order valence-corrected chi connectivity index (χ2v) is 5.38. The third-order valence-corrected chi connectivity index (χ3v) is 4.23. The van der Waals surface area contributed by atoms with Crippen LogP contribution in [-0.2, 0) is 12.8 Å². The van der Waals surface area contributed by atoms with Gasteiger partial charge in [-0.15, -0.1) is 0 Å². The van der Waals surface area contributed by atoms with E-state index in [1.54, 1.807) is 0 Å². The lowest BCUT2D eigenvalue weighted by atomic mass is 9.92. The molecule has 0 amide bonds. The van der Waals surface area contributed by atoms with Gasteiger partial charge in [-0.25, -0.2) is 4.68 Å². The predicted octanol–water partition coefficient (Wildman–Crippen LogP) is 1.82. The van der Waals surface area contributed by atoms with Crippen LogP contribution in [0, 0.1) is 0 Å². The van der Waals surface area contributed by atoms with E-state index in [4.69, 9.17) is 5.73 Å². The number of nitrogens with two attached hydrogens (primary N) is 1. The van der Waals surface area contributed by atoms with Crippen molar-refractivity contribution >= 4 is 5.82 Å². The first-order valence-corrected chi connectivity index (χ1v) is 6.81. The molecule has 2 unspecified atom stereocenters. The van der Waals surface area contributed by atoms with Gasteiger partial charge in [-0.1, -0.05) is 12.8 Å². The minimum absolute atomic E-state index is 0.106. The molecule has 1 heterocycles. The van der Waals surface area contributed by atoms with Crippen molar-refractivity contribution in [3.05, 3.63) is 11.3 Å². The van der Waals surface area contributed by atoms with Crippen LogP contribution in [0.2, 0.25) is 0 Å². The van der Waals surface area contributed by atoms with E-state index in [9.17, 15) is 5.11 Å². The molecule has 4 nitrogen and oxygen atoms in total. The Labute approximate surface area is 102 Å². The van der Waals surface area contributed by atoms with Gasteiger partial charge in [0.15, 0.2) is 0 Å². The molecule has 3 N–H and O–H groups in total. The Morgan fingerprint density at radius 1 is 1.12 bits per heavy atom. The van der Waals surface area contributed by atoms with Crippen molar-refractivity contribution in [1.29, 1.82) is 0 Å². The van der Waals surface area contributed by atoms with E-state index in [2.05, 4.69) is 5.10 Å². The Hall–Kier alpha value is -1.03. The average molecular weight is 235 g/mol. The van der Waals surface area contributed by atoms with E-state index < -0.39 is 0 Å². The van der Waals surface area contributed by atoms with Crippen molar-refractivity contribution in [3.63, 3.8) is 0 Å². The summed E-state index contributed by atoms with van der Waals surface area (Å²) in [6, 6.07) is 0.106. The fourth-order valence-corrected chi connectivity index (χ4v) is 3.23. The van der Waals surface area contributed by atoms with Crippen LogP contribution in [0.15, 0.2) is 0 Å². The third kappa shape index (κ3) is 1.84. The topological polar surface area (TPSA) is 64.1 Å². The van der Waals surface area contributed by atoms with Crippen molar-refractivity contribution in [2.75, 3.05) is 5.73 Å². The van der Waals surface area contributed by atoms with Crippen molar-refractivity contribution < 1.29 is 5.11 Å². The Kier molecular flexibility index (Phi) is 2.82. The summed E-state index contributed by atoms with van der Waals surface area (Å²) in [5.74, 6) is 0.811. The number of rotatable bonds is 1. The number of nitrogens with zero attached hydrogens (tertiary/aromatic N) is 2. The lowest BCUT2D eigenvalue weighted by molar-refractivity contribution is 0.0704. The van der Waals surface area contributed by atoms with Crippen molar-refractivity contribution in [1.82, 2.24) is 9.78 Å². The van der Waals surface area contributed by atoms with Crippen LogP contribution >= 0.6 is 0 Å². The lowest BCUT2D eigenvalue weighted by Crippen LogP contribution is -2.29. The number of hydrogen-bond donors (Lipinski definition) is 2. The van der Waals surface area contributed by atoms with Crippen molar-refractivity contribution in [2.24, 2.45) is 0 Å². The fraction of sp³-hybridized carbons (Fsp3) is 0.769.